The molecule has 1 N–H and O–H groups in total. The number of pyridine rings is 1. The Bertz CT molecular complexity index is 1100. The van der Waals surface area contributed by atoms with E-state index in [1.54, 1.807) is 48.4 Å². The van der Waals surface area contributed by atoms with Gasteiger partial charge in [0.15, 0.2) is 11.6 Å². The number of sulfonamides is 1. The fourth-order valence-electron chi connectivity index (χ4n) is 3.62. The third-order valence-electron chi connectivity index (χ3n) is 5.23. The largest absolute Gasteiger partial charge is 0.462 e. The number of nitrogens with one attached hydrogen (secondary N) is 1. The van der Waals surface area contributed by atoms with Crippen molar-refractivity contribution in [1.29, 1.82) is 0 Å². The smallest absolute Gasteiger partial charge is 0.340 e. The van der Waals surface area contributed by atoms with Gasteiger partial charge in [-0.15, -0.1) is 11.8 Å². The Morgan fingerprint density at radius 2 is 1.91 bits per heavy atom. The molecule has 0 spiro atoms. The van der Waals surface area contributed by atoms with E-state index in [-0.39, 0.29) is 23.7 Å². The van der Waals surface area contributed by atoms with Gasteiger partial charge in [-0.2, -0.15) is 0 Å². The van der Waals surface area contributed by atoms with Crippen molar-refractivity contribution >= 4 is 39.5 Å². The number of nitrogens with zero attached hydrogens (tertiary/aromatic N) is 2. The molecule has 1 amide bonds. The van der Waals surface area contributed by atoms with E-state index in [9.17, 15) is 22.4 Å². The summed E-state index contributed by atoms with van der Waals surface area (Å²) < 4.78 is 46.6. The molecule has 178 valence electrons. The van der Waals surface area contributed by atoms with Gasteiger partial charge in [0.1, 0.15) is 5.03 Å². The number of ether oxygens (including phenoxy) is 1. The summed E-state index contributed by atoms with van der Waals surface area (Å²) in [4.78, 5) is 30.6. The van der Waals surface area contributed by atoms with Crippen LogP contribution >= 0.6 is 11.8 Å². The van der Waals surface area contributed by atoms with Gasteiger partial charge in [-0.05, 0) is 37.7 Å². The van der Waals surface area contributed by atoms with Crippen LogP contribution in [0.1, 0.15) is 35.7 Å². The summed E-state index contributed by atoms with van der Waals surface area (Å²) in [6.07, 6.45) is 2.43. The van der Waals surface area contributed by atoms with Gasteiger partial charge < -0.3 is 9.64 Å². The summed E-state index contributed by atoms with van der Waals surface area (Å²) in [6, 6.07) is 9.74. The zero-order chi connectivity index (χ0) is 24.0. The highest BCUT2D eigenvalue weighted by molar-refractivity contribution is 7.98. The molecule has 0 aliphatic carbocycles. The first kappa shape index (κ1) is 25.0. The Morgan fingerprint density at radius 1 is 1.24 bits per heavy atom. The van der Waals surface area contributed by atoms with Crippen molar-refractivity contribution in [3.05, 3.63) is 53.3 Å². The molecule has 11 heteroatoms. The van der Waals surface area contributed by atoms with Crippen molar-refractivity contribution in [2.24, 2.45) is 5.92 Å². The third kappa shape index (κ3) is 6.44. The van der Waals surface area contributed by atoms with Crippen molar-refractivity contribution in [3.8, 4) is 0 Å². The lowest BCUT2D eigenvalue weighted by atomic mass is 9.96. The molecule has 1 saturated heterocycles. The van der Waals surface area contributed by atoms with E-state index >= 15 is 0 Å². The molecule has 1 aliphatic rings. The summed E-state index contributed by atoms with van der Waals surface area (Å²) in [5, 5.41) is 0.358. The topological polar surface area (TPSA) is 106 Å². The van der Waals surface area contributed by atoms with Gasteiger partial charge in [0.2, 0.25) is 15.9 Å². The molecule has 33 heavy (non-hydrogen) atoms. The Labute approximate surface area is 197 Å². The maximum atomic E-state index is 14.8. The highest BCUT2D eigenvalue weighted by atomic mass is 32.2. The van der Waals surface area contributed by atoms with E-state index in [1.165, 1.54) is 11.8 Å². The summed E-state index contributed by atoms with van der Waals surface area (Å²) in [6.45, 7) is 2.50. The van der Waals surface area contributed by atoms with Crippen LogP contribution in [0.2, 0.25) is 0 Å². The summed E-state index contributed by atoms with van der Waals surface area (Å²) in [5.41, 5.74) is 0.661. The number of esters is 1. The summed E-state index contributed by atoms with van der Waals surface area (Å²) in [7, 11) is -3.81. The summed E-state index contributed by atoms with van der Waals surface area (Å²) in [5.74, 6) is -2.52. The number of anilines is 1. The molecule has 1 aliphatic heterocycles. The van der Waals surface area contributed by atoms with E-state index in [4.69, 9.17) is 4.74 Å². The van der Waals surface area contributed by atoms with Crippen molar-refractivity contribution in [2.75, 3.05) is 30.9 Å². The van der Waals surface area contributed by atoms with Gasteiger partial charge in [0.25, 0.3) is 0 Å². The molecule has 0 radical (unpaired) electrons. The quantitative estimate of drug-likeness (QED) is 0.440. The molecule has 2 aromatic rings. The predicted octanol–water partition coefficient (Wildman–Crippen LogP) is 2.98. The molecule has 0 saturated carbocycles. The third-order valence-corrected chi connectivity index (χ3v) is 7.16. The summed E-state index contributed by atoms with van der Waals surface area (Å²) >= 11 is 1.21. The van der Waals surface area contributed by atoms with Crippen LogP contribution in [-0.2, 0) is 25.3 Å². The lowest BCUT2D eigenvalue weighted by Crippen LogP contribution is -2.43. The minimum Gasteiger partial charge on any atom is -0.462 e. The molecule has 2 heterocycles. The molecule has 1 aromatic heterocycles. The molecule has 0 atom stereocenters. The van der Waals surface area contributed by atoms with Gasteiger partial charge in [-0.3, -0.25) is 9.52 Å². The van der Waals surface area contributed by atoms with Crippen LogP contribution < -0.4 is 9.62 Å². The van der Waals surface area contributed by atoms with Gasteiger partial charge >= 0.3 is 5.97 Å². The molecule has 3 rings (SSSR count). The van der Waals surface area contributed by atoms with Crippen molar-refractivity contribution in [1.82, 2.24) is 9.71 Å². The van der Waals surface area contributed by atoms with Gasteiger partial charge in [0.05, 0.1) is 17.9 Å². The van der Waals surface area contributed by atoms with Crippen LogP contribution in [0.25, 0.3) is 0 Å². The monoisotopic (exact) mass is 495 g/mol. The van der Waals surface area contributed by atoms with Crippen LogP contribution in [-0.4, -0.2) is 51.2 Å². The molecular weight excluding hydrogens is 469 g/mol. The van der Waals surface area contributed by atoms with E-state index in [2.05, 4.69) is 9.71 Å². The van der Waals surface area contributed by atoms with Crippen molar-refractivity contribution in [2.45, 2.75) is 30.5 Å². The van der Waals surface area contributed by atoms with Crippen LogP contribution in [0, 0.1) is 11.7 Å². The van der Waals surface area contributed by atoms with Crippen LogP contribution in [0.5, 0.6) is 0 Å². The first-order valence-corrected chi connectivity index (χ1v) is 13.4. The van der Waals surface area contributed by atoms with Crippen LogP contribution in [0.4, 0.5) is 10.2 Å². The maximum absolute atomic E-state index is 14.8. The Balaban J connectivity index is 1.63. The van der Waals surface area contributed by atoms with E-state index in [0.717, 1.165) is 6.07 Å². The van der Waals surface area contributed by atoms with Crippen LogP contribution in [0.15, 0.2) is 41.4 Å². The number of amides is 1. The zero-order valence-corrected chi connectivity index (χ0v) is 20.0. The number of aromatic nitrogens is 1. The number of hydrogen-bond donors (Lipinski definition) is 1. The molecule has 8 nitrogen and oxygen atoms in total. The lowest BCUT2D eigenvalue weighted by Gasteiger charge is -2.32. The number of carbonyl (C=O) groups excluding carboxylic acids is 2. The van der Waals surface area contributed by atoms with E-state index in [0.29, 0.717) is 36.5 Å². The Kier molecular flexibility index (Phi) is 8.30. The zero-order valence-electron chi connectivity index (χ0n) is 18.4. The molecule has 1 aromatic carbocycles. The highest BCUT2D eigenvalue weighted by Crippen LogP contribution is 2.29. The van der Waals surface area contributed by atoms with E-state index in [1.807, 2.05) is 0 Å². The second-order valence-electron chi connectivity index (χ2n) is 7.54. The second kappa shape index (κ2) is 11.0. The Morgan fingerprint density at radius 3 is 2.52 bits per heavy atom. The first-order chi connectivity index (χ1) is 15.7. The number of hydrogen-bond acceptors (Lipinski definition) is 8. The van der Waals surface area contributed by atoms with E-state index < -0.39 is 33.6 Å². The lowest BCUT2D eigenvalue weighted by molar-refractivity contribution is -0.123. The van der Waals surface area contributed by atoms with Crippen molar-refractivity contribution in [3.63, 3.8) is 0 Å². The van der Waals surface area contributed by atoms with Gasteiger partial charge in [-0.1, -0.05) is 30.3 Å². The maximum Gasteiger partial charge on any atom is 0.340 e. The van der Waals surface area contributed by atoms with Crippen LogP contribution in [0.3, 0.4) is 0 Å². The number of benzene rings is 1. The minimum absolute atomic E-state index is 0.0727. The second-order valence-corrected chi connectivity index (χ2v) is 10.1. The fourth-order valence-corrected chi connectivity index (χ4v) is 5.33. The molecule has 0 bridgehead atoms. The molecular formula is C22H26FN3O5S2. The van der Waals surface area contributed by atoms with Crippen molar-refractivity contribution < 1.29 is 27.1 Å². The SMILES string of the molecule is CCOC(=O)c1cc(F)c(N2CCC(C(=O)NS(=O)(=O)Cc3ccccc3)CC2)nc1SC. The normalized spacial score (nSPS) is 14.7. The number of carbonyl (C=O) groups is 2. The number of halogens is 1. The number of thioether (sulfide) groups is 1. The first-order valence-electron chi connectivity index (χ1n) is 10.5. The minimum atomic E-state index is -3.81. The average Bonchev–Trinajstić information content (AvgIpc) is 2.79. The number of piperidine rings is 1. The predicted molar refractivity (Wildman–Crippen MR) is 124 cm³/mol. The average molecular weight is 496 g/mol. The molecule has 0 unspecified atom stereocenters. The van der Waals surface area contributed by atoms with Gasteiger partial charge in [0, 0.05) is 19.0 Å². The number of rotatable bonds is 8. The fraction of sp³-hybridized carbons (Fsp3) is 0.409. The van der Waals surface area contributed by atoms with Gasteiger partial charge in [-0.25, -0.2) is 22.6 Å². The highest BCUT2D eigenvalue weighted by Gasteiger charge is 2.30. The Hall–Kier alpha value is -2.66. The standard InChI is InChI=1S/C22H26FN3O5S2/c1-3-31-22(28)17-13-18(23)19(24-21(17)32-2)26-11-9-16(10-12-26)20(27)25-33(29,30)14-15-7-5-4-6-8-15/h4-8,13,16H,3,9-12,14H2,1-2H3,(H,25,27). The molecule has 1 fully saturated rings.